The van der Waals surface area contributed by atoms with Gasteiger partial charge in [-0.2, -0.15) is 0 Å². The lowest BCUT2D eigenvalue weighted by molar-refractivity contribution is -0.0161. The summed E-state index contributed by atoms with van der Waals surface area (Å²) in [6.45, 7) is 15.3. The largest absolute Gasteiger partial charge is 0.470 e. The van der Waals surface area contributed by atoms with Crippen molar-refractivity contribution in [2.24, 2.45) is 0 Å². The SMILES string of the molecule is CCCCCCCC/C=C\CCCCCCCCOCC(CNC(=S)OCCN(CC)CC)OCCCCCCCC/C=C\CCCCCCCC. The van der Waals surface area contributed by atoms with Gasteiger partial charge in [0.2, 0.25) is 0 Å². The van der Waals surface area contributed by atoms with Crippen molar-refractivity contribution < 1.29 is 14.2 Å². The van der Waals surface area contributed by atoms with E-state index in [0.717, 1.165) is 45.7 Å². The van der Waals surface area contributed by atoms with Crippen LogP contribution in [0.15, 0.2) is 24.3 Å². The first-order valence-electron chi connectivity index (χ1n) is 22.8. The van der Waals surface area contributed by atoms with Gasteiger partial charge in [-0.3, -0.25) is 0 Å². The number of allylic oxidation sites excluding steroid dienone is 4. The van der Waals surface area contributed by atoms with Gasteiger partial charge in [-0.1, -0.05) is 168 Å². The second-order valence-electron chi connectivity index (χ2n) is 15.0. The molecule has 0 aromatic heterocycles. The van der Waals surface area contributed by atoms with E-state index in [-0.39, 0.29) is 6.10 Å². The van der Waals surface area contributed by atoms with Crippen LogP contribution in [0, 0.1) is 0 Å². The van der Waals surface area contributed by atoms with Gasteiger partial charge in [-0.25, -0.2) is 0 Å². The summed E-state index contributed by atoms with van der Waals surface area (Å²) in [5.74, 6) is 0. The van der Waals surface area contributed by atoms with E-state index in [1.165, 1.54) is 167 Å². The van der Waals surface area contributed by atoms with Crippen molar-refractivity contribution in [2.45, 2.75) is 214 Å². The molecule has 6 heteroatoms. The van der Waals surface area contributed by atoms with Crippen molar-refractivity contribution in [3.05, 3.63) is 24.3 Å². The van der Waals surface area contributed by atoms with Gasteiger partial charge < -0.3 is 24.4 Å². The highest BCUT2D eigenvalue weighted by Crippen LogP contribution is 2.12. The van der Waals surface area contributed by atoms with Crippen LogP contribution in [0.25, 0.3) is 0 Å². The summed E-state index contributed by atoms with van der Waals surface area (Å²) < 4.78 is 18.2. The average Bonchev–Trinajstić information content (AvgIpc) is 3.15. The molecule has 1 unspecified atom stereocenters. The minimum absolute atomic E-state index is 0.0124. The van der Waals surface area contributed by atoms with E-state index in [4.69, 9.17) is 26.4 Å². The Morgan fingerprint density at radius 3 is 1.37 bits per heavy atom. The van der Waals surface area contributed by atoms with Crippen molar-refractivity contribution in [1.29, 1.82) is 0 Å². The Kier molecular flexibility index (Phi) is 43.6. The quantitative estimate of drug-likeness (QED) is 0.0381. The predicted molar refractivity (Wildman–Crippen MR) is 234 cm³/mol. The fourth-order valence-electron chi connectivity index (χ4n) is 6.49. The highest BCUT2D eigenvalue weighted by Gasteiger charge is 2.11. The standard InChI is InChI=1S/C46H90N2O3S/c1-5-9-11-13-15-17-19-21-23-25-27-29-31-33-35-37-40-49-44-45(43-47-46(52)51-42-39-48(7-3)8-4)50-41-38-36-34-32-30-28-26-24-22-20-18-16-14-12-10-6-2/h21-24,45H,5-20,25-44H2,1-4H3,(H,47,52)/b23-21-,24-22-. The van der Waals surface area contributed by atoms with Crippen molar-refractivity contribution in [2.75, 3.05) is 52.6 Å². The number of hydrogen-bond donors (Lipinski definition) is 1. The molecule has 308 valence electrons. The highest BCUT2D eigenvalue weighted by molar-refractivity contribution is 7.80. The second-order valence-corrected chi connectivity index (χ2v) is 15.4. The van der Waals surface area contributed by atoms with Crippen molar-refractivity contribution in [1.82, 2.24) is 10.2 Å². The molecular formula is C46H90N2O3S. The number of unbranched alkanes of at least 4 members (excludes halogenated alkanes) is 24. The monoisotopic (exact) mass is 751 g/mol. The summed E-state index contributed by atoms with van der Waals surface area (Å²) in [6.07, 6.45) is 46.6. The molecule has 0 aliphatic heterocycles. The van der Waals surface area contributed by atoms with E-state index in [0.29, 0.717) is 24.9 Å². The maximum atomic E-state index is 6.30. The maximum absolute atomic E-state index is 6.30. The number of ether oxygens (including phenoxy) is 3. The van der Waals surface area contributed by atoms with Crippen molar-refractivity contribution in [3.8, 4) is 0 Å². The molecule has 0 spiro atoms. The summed E-state index contributed by atoms with van der Waals surface area (Å²) in [5, 5.41) is 3.75. The third kappa shape index (κ3) is 40.2. The van der Waals surface area contributed by atoms with Crippen molar-refractivity contribution in [3.63, 3.8) is 0 Å². The van der Waals surface area contributed by atoms with Crippen LogP contribution in [0.3, 0.4) is 0 Å². The minimum Gasteiger partial charge on any atom is -0.470 e. The second kappa shape index (κ2) is 44.4. The van der Waals surface area contributed by atoms with E-state index in [9.17, 15) is 0 Å². The molecular weight excluding hydrogens is 661 g/mol. The zero-order chi connectivity index (χ0) is 37.8. The summed E-state index contributed by atoms with van der Waals surface area (Å²) in [4.78, 5) is 2.34. The third-order valence-corrected chi connectivity index (χ3v) is 10.4. The first-order chi connectivity index (χ1) is 25.7. The Hall–Kier alpha value is -0.950. The Balaban J connectivity index is 4.05. The normalized spacial score (nSPS) is 12.5. The van der Waals surface area contributed by atoms with Gasteiger partial charge in [-0.05, 0) is 89.5 Å². The van der Waals surface area contributed by atoms with Crippen molar-refractivity contribution >= 4 is 17.4 Å². The summed E-state index contributed by atoms with van der Waals surface area (Å²) in [6, 6.07) is 0. The van der Waals surface area contributed by atoms with Gasteiger partial charge in [0.25, 0.3) is 5.17 Å². The van der Waals surface area contributed by atoms with Gasteiger partial charge >= 0.3 is 0 Å². The molecule has 0 aliphatic rings. The Morgan fingerprint density at radius 1 is 0.519 bits per heavy atom. The smallest absolute Gasteiger partial charge is 0.256 e. The van der Waals surface area contributed by atoms with Crippen LogP contribution in [0.2, 0.25) is 0 Å². The van der Waals surface area contributed by atoms with Gasteiger partial charge in [0, 0.05) is 26.3 Å². The lowest BCUT2D eigenvalue weighted by Gasteiger charge is -2.21. The van der Waals surface area contributed by atoms with E-state index in [2.05, 4.69) is 62.2 Å². The lowest BCUT2D eigenvalue weighted by Crippen LogP contribution is -2.38. The number of nitrogens with one attached hydrogen (secondary N) is 1. The number of thiocarbonyl (C=S) groups is 1. The molecule has 52 heavy (non-hydrogen) atoms. The third-order valence-electron chi connectivity index (χ3n) is 10.1. The molecule has 0 aromatic carbocycles. The summed E-state index contributed by atoms with van der Waals surface area (Å²) in [5.41, 5.74) is 0. The molecule has 0 radical (unpaired) electrons. The van der Waals surface area contributed by atoms with E-state index >= 15 is 0 Å². The number of nitrogens with zero attached hydrogens (tertiary/aromatic N) is 1. The average molecular weight is 751 g/mol. The number of likely N-dealkylation sites (N-methyl/N-ethyl adjacent to an activating group) is 1. The molecule has 0 rings (SSSR count). The van der Waals surface area contributed by atoms with Crippen LogP contribution >= 0.6 is 12.2 Å². The number of hydrogen-bond acceptors (Lipinski definition) is 5. The Bertz CT molecular complexity index is 758. The van der Waals surface area contributed by atoms with Crippen LogP contribution in [-0.2, 0) is 14.2 Å². The van der Waals surface area contributed by atoms with E-state index in [1.54, 1.807) is 0 Å². The fraction of sp³-hybridized carbons (Fsp3) is 0.891. The van der Waals surface area contributed by atoms with Crippen LogP contribution in [0.4, 0.5) is 0 Å². The topological polar surface area (TPSA) is 43.0 Å². The van der Waals surface area contributed by atoms with Crippen LogP contribution < -0.4 is 5.32 Å². The first kappa shape index (κ1) is 51.0. The zero-order valence-electron chi connectivity index (χ0n) is 35.4. The highest BCUT2D eigenvalue weighted by atomic mass is 32.1. The number of rotatable bonds is 42. The molecule has 0 fully saturated rings. The van der Waals surface area contributed by atoms with Crippen LogP contribution in [0.5, 0.6) is 0 Å². The molecule has 0 saturated heterocycles. The van der Waals surface area contributed by atoms with Gasteiger partial charge in [-0.15, -0.1) is 0 Å². The van der Waals surface area contributed by atoms with Gasteiger partial charge in [0.05, 0.1) is 12.7 Å². The molecule has 0 aliphatic carbocycles. The maximum Gasteiger partial charge on any atom is 0.256 e. The zero-order valence-corrected chi connectivity index (χ0v) is 36.2. The molecule has 0 bridgehead atoms. The summed E-state index contributed by atoms with van der Waals surface area (Å²) >= 11 is 5.46. The fourth-order valence-corrected chi connectivity index (χ4v) is 6.65. The van der Waals surface area contributed by atoms with E-state index < -0.39 is 0 Å². The first-order valence-corrected chi connectivity index (χ1v) is 23.2. The van der Waals surface area contributed by atoms with Gasteiger partial charge in [0.15, 0.2) is 0 Å². The summed E-state index contributed by atoms with van der Waals surface area (Å²) in [7, 11) is 0. The minimum atomic E-state index is -0.0124. The molecule has 0 saturated carbocycles. The molecule has 0 aromatic rings. The molecule has 0 heterocycles. The Labute approximate surface area is 331 Å². The van der Waals surface area contributed by atoms with Crippen LogP contribution in [-0.4, -0.2) is 68.8 Å². The Morgan fingerprint density at radius 2 is 0.923 bits per heavy atom. The van der Waals surface area contributed by atoms with Gasteiger partial charge in [0.1, 0.15) is 6.61 Å². The molecule has 1 N–H and O–H groups in total. The molecule has 1 atom stereocenters. The predicted octanol–water partition coefficient (Wildman–Crippen LogP) is 13.7. The molecule has 5 nitrogen and oxygen atoms in total. The van der Waals surface area contributed by atoms with E-state index in [1.807, 2.05) is 0 Å². The molecule has 0 amide bonds. The lowest BCUT2D eigenvalue weighted by atomic mass is 10.1. The van der Waals surface area contributed by atoms with Crippen LogP contribution in [0.1, 0.15) is 207 Å².